The summed E-state index contributed by atoms with van der Waals surface area (Å²) in [5.74, 6) is 0.0243. The van der Waals surface area contributed by atoms with Gasteiger partial charge in [0, 0.05) is 19.7 Å². The fourth-order valence-electron chi connectivity index (χ4n) is 1.92. The van der Waals surface area contributed by atoms with Crippen molar-refractivity contribution in [3.8, 4) is 11.1 Å². The van der Waals surface area contributed by atoms with Gasteiger partial charge in [0.1, 0.15) is 0 Å². The van der Waals surface area contributed by atoms with E-state index in [-0.39, 0.29) is 5.78 Å². The summed E-state index contributed by atoms with van der Waals surface area (Å²) >= 11 is 0. The Balaban J connectivity index is 2.68. The Hall–Kier alpha value is -2.16. The van der Waals surface area contributed by atoms with Crippen molar-refractivity contribution >= 4 is 11.5 Å². The van der Waals surface area contributed by atoms with Crippen LogP contribution < -0.4 is 4.90 Å². The number of carbonyl (C=O) groups is 1. The van der Waals surface area contributed by atoms with Gasteiger partial charge in [-0.05, 0) is 12.5 Å². The Morgan fingerprint density at radius 3 is 2.44 bits per heavy atom. The van der Waals surface area contributed by atoms with Crippen LogP contribution in [0.25, 0.3) is 11.1 Å². The SMILES string of the molecule is CC(=O)c1c(-c2ccccc2)[c]ncc1N(C)C. The van der Waals surface area contributed by atoms with Crippen LogP contribution in [-0.2, 0) is 0 Å². The predicted molar refractivity (Wildman–Crippen MR) is 72.8 cm³/mol. The highest BCUT2D eigenvalue weighted by Crippen LogP contribution is 2.29. The van der Waals surface area contributed by atoms with Crippen molar-refractivity contribution in [1.82, 2.24) is 4.98 Å². The van der Waals surface area contributed by atoms with Crippen molar-refractivity contribution < 1.29 is 4.79 Å². The summed E-state index contributed by atoms with van der Waals surface area (Å²) in [6, 6.07) is 9.74. The second kappa shape index (κ2) is 5.00. The van der Waals surface area contributed by atoms with Gasteiger partial charge in [0.25, 0.3) is 0 Å². The molecule has 3 heteroatoms. The van der Waals surface area contributed by atoms with Crippen LogP contribution in [0.2, 0.25) is 0 Å². The van der Waals surface area contributed by atoms with Crippen LogP contribution in [0, 0.1) is 6.20 Å². The molecule has 3 nitrogen and oxygen atoms in total. The molecule has 1 radical (unpaired) electrons. The van der Waals surface area contributed by atoms with Crippen LogP contribution in [0.5, 0.6) is 0 Å². The Morgan fingerprint density at radius 1 is 1.22 bits per heavy atom. The highest BCUT2D eigenvalue weighted by molar-refractivity contribution is 6.05. The number of Topliss-reactive ketones (excluding diaryl/α,β-unsaturated/α-hetero) is 1. The molecule has 1 aromatic heterocycles. The summed E-state index contributed by atoms with van der Waals surface area (Å²) < 4.78 is 0. The zero-order chi connectivity index (χ0) is 13.1. The molecule has 0 amide bonds. The maximum atomic E-state index is 11.9. The second-order valence-electron chi connectivity index (χ2n) is 4.32. The van der Waals surface area contributed by atoms with E-state index in [1.807, 2.05) is 49.3 Å². The third-order valence-electron chi connectivity index (χ3n) is 2.77. The molecule has 2 aromatic rings. The van der Waals surface area contributed by atoms with Gasteiger partial charge in [0.2, 0.25) is 0 Å². The lowest BCUT2D eigenvalue weighted by Gasteiger charge is -2.18. The van der Waals surface area contributed by atoms with Gasteiger partial charge in [-0.3, -0.25) is 9.78 Å². The molecule has 2 rings (SSSR count). The molecule has 0 bridgehead atoms. The summed E-state index contributed by atoms with van der Waals surface area (Å²) in [5.41, 5.74) is 3.20. The van der Waals surface area contributed by atoms with Gasteiger partial charge in [0.15, 0.2) is 5.78 Å². The second-order valence-corrected chi connectivity index (χ2v) is 4.32. The molecule has 0 aliphatic heterocycles. The fourth-order valence-corrected chi connectivity index (χ4v) is 1.92. The van der Waals surface area contributed by atoms with E-state index in [1.165, 1.54) is 0 Å². The van der Waals surface area contributed by atoms with E-state index in [0.717, 1.165) is 16.8 Å². The summed E-state index contributed by atoms with van der Waals surface area (Å²) in [6.45, 7) is 1.57. The minimum atomic E-state index is 0.0243. The number of hydrogen-bond donors (Lipinski definition) is 0. The first-order valence-corrected chi connectivity index (χ1v) is 5.75. The average molecular weight is 239 g/mol. The lowest BCUT2D eigenvalue weighted by molar-refractivity contribution is 0.101. The van der Waals surface area contributed by atoms with E-state index in [9.17, 15) is 4.79 Å². The highest BCUT2D eigenvalue weighted by Gasteiger charge is 2.16. The average Bonchev–Trinajstić information content (AvgIpc) is 2.38. The topological polar surface area (TPSA) is 33.2 Å². The molecule has 0 aliphatic carbocycles. The summed E-state index contributed by atoms with van der Waals surface area (Å²) in [5, 5.41) is 0. The Morgan fingerprint density at radius 2 is 1.89 bits per heavy atom. The van der Waals surface area contributed by atoms with E-state index >= 15 is 0 Å². The third kappa shape index (κ3) is 2.25. The van der Waals surface area contributed by atoms with Crippen LogP contribution in [0.15, 0.2) is 36.5 Å². The normalized spacial score (nSPS) is 10.2. The fraction of sp³-hybridized carbons (Fsp3) is 0.200. The van der Waals surface area contributed by atoms with Crippen molar-refractivity contribution in [2.45, 2.75) is 6.92 Å². The molecule has 0 spiro atoms. The Kier molecular flexibility index (Phi) is 3.42. The Bertz CT molecular complexity index is 562. The number of hydrogen-bond acceptors (Lipinski definition) is 3. The number of anilines is 1. The summed E-state index contributed by atoms with van der Waals surface area (Å²) in [7, 11) is 3.80. The molecule has 0 fully saturated rings. The largest absolute Gasteiger partial charge is 0.376 e. The highest BCUT2D eigenvalue weighted by atomic mass is 16.1. The molecular formula is C15H15N2O. The van der Waals surface area contributed by atoms with Gasteiger partial charge in [-0.1, -0.05) is 30.3 Å². The minimum absolute atomic E-state index is 0.0243. The molecule has 0 atom stereocenters. The maximum Gasteiger partial charge on any atom is 0.162 e. The van der Waals surface area contributed by atoms with Crippen LogP contribution in [0.4, 0.5) is 5.69 Å². The summed E-state index contributed by atoms with van der Waals surface area (Å²) in [4.78, 5) is 17.9. The smallest absolute Gasteiger partial charge is 0.162 e. The van der Waals surface area contributed by atoms with Crippen molar-refractivity contribution in [3.05, 3.63) is 48.3 Å². The Labute approximate surface area is 107 Å². The first kappa shape index (κ1) is 12.3. The molecular weight excluding hydrogens is 224 g/mol. The van der Waals surface area contributed by atoms with E-state index in [2.05, 4.69) is 11.2 Å². The predicted octanol–water partition coefficient (Wildman–Crippen LogP) is 2.82. The van der Waals surface area contributed by atoms with Gasteiger partial charge < -0.3 is 4.90 Å². The van der Waals surface area contributed by atoms with Crippen molar-refractivity contribution in [2.75, 3.05) is 19.0 Å². The molecule has 0 aliphatic rings. The number of rotatable bonds is 3. The zero-order valence-electron chi connectivity index (χ0n) is 10.8. The van der Waals surface area contributed by atoms with E-state index < -0.39 is 0 Å². The van der Waals surface area contributed by atoms with Crippen molar-refractivity contribution in [1.29, 1.82) is 0 Å². The first-order chi connectivity index (χ1) is 8.61. The van der Waals surface area contributed by atoms with Crippen LogP contribution >= 0.6 is 0 Å². The maximum absolute atomic E-state index is 11.9. The number of aromatic nitrogens is 1. The van der Waals surface area contributed by atoms with Gasteiger partial charge >= 0.3 is 0 Å². The molecule has 0 unspecified atom stereocenters. The molecule has 0 saturated heterocycles. The number of ketones is 1. The van der Waals surface area contributed by atoms with Crippen LogP contribution in [0.3, 0.4) is 0 Å². The molecule has 1 heterocycles. The lowest BCUT2D eigenvalue weighted by Crippen LogP contribution is -2.14. The molecule has 91 valence electrons. The van der Waals surface area contributed by atoms with Crippen LogP contribution in [-0.4, -0.2) is 24.9 Å². The number of nitrogens with zero attached hydrogens (tertiary/aromatic N) is 2. The molecule has 1 aromatic carbocycles. The zero-order valence-corrected chi connectivity index (χ0v) is 10.8. The first-order valence-electron chi connectivity index (χ1n) is 5.75. The number of carbonyl (C=O) groups excluding carboxylic acids is 1. The minimum Gasteiger partial charge on any atom is -0.376 e. The van der Waals surface area contributed by atoms with Gasteiger partial charge in [-0.25, -0.2) is 0 Å². The quantitative estimate of drug-likeness (QED) is 0.772. The van der Waals surface area contributed by atoms with Crippen molar-refractivity contribution in [2.24, 2.45) is 0 Å². The standard InChI is InChI=1S/C15H15N2O/c1-11(18)15-13(12-7-5-4-6-8-12)9-16-10-14(15)17(2)3/h4-8,10H,1-3H3. The van der Waals surface area contributed by atoms with Crippen molar-refractivity contribution in [3.63, 3.8) is 0 Å². The van der Waals surface area contributed by atoms with Gasteiger partial charge in [0.05, 0.1) is 23.6 Å². The van der Waals surface area contributed by atoms with Crippen LogP contribution in [0.1, 0.15) is 17.3 Å². The number of pyridine rings is 1. The van der Waals surface area contributed by atoms with E-state index in [0.29, 0.717) is 5.56 Å². The molecule has 18 heavy (non-hydrogen) atoms. The van der Waals surface area contributed by atoms with E-state index in [1.54, 1.807) is 13.1 Å². The lowest BCUT2D eigenvalue weighted by atomic mass is 9.98. The molecule has 0 saturated carbocycles. The molecule has 0 N–H and O–H groups in total. The van der Waals surface area contributed by atoms with Gasteiger partial charge in [-0.2, -0.15) is 0 Å². The summed E-state index contributed by atoms with van der Waals surface area (Å²) in [6.07, 6.45) is 4.60. The van der Waals surface area contributed by atoms with E-state index in [4.69, 9.17) is 0 Å². The van der Waals surface area contributed by atoms with Gasteiger partial charge in [-0.15, -0.1) is 0 Å². The third-order valence-corrected chi connectivity index (χ3v) is 2.77. The monoisotopic (exact) mass is 239 g/mol. The number of benzene rings is 1.